The molecule has 0 amide bonds. The van der Waals surface area contributed by atoms with Crippen LogP contribution in [-0.2, 0) is 9.53 Å². The zero-order valence-corrected chi connectivity index (χ0v) is 10.4. The van der Waals surface area contributed by atoms with Gasteiger partial charge in [-0.05, 0) is 44.6 Å². The molecule has 2 rings (SSSR count). The largest absolute Gasteiger partial charge is 0.481 e. The molecule has 4 nitrogen and oxygen atoms in total. The minimum atomic E-state index is -0.652. The number of carboxylic acid groups (broad SMARTS) is 1. The fourth-order valence-electron chi connectivity index (χ4n) is 3.09. The van der Waals surface area contributed by atoms with Gasteiger partial charge in [-0.25, -0.2) is 0 Å². The van der Waals surface area contributed by atoms with E-state index in [4.69, 9.17) is 9.84 Å². The Kier molecular flexibility index (Phi) is 4.80. The van der Waals surface area contributed by atoms with E-state index >= 15 is 0 Å². The number of ether oxygens (including phenoxy) is 1. The highest BCUT2D eigenvalue weighted by Gasteiger charge is 2.27. The van der Waals surface area contributed by atoms with Gasteiger partial charge in [0.25, 0.3) is 0 Å². The van der Waals surface area contributed by atoms with Crippen LogP contribution in [0.15, 0.2) is 0 Å². The summed E-state index contributed by atoms with van der Waals surface area (Å²) in [6, 6.07) is 0.620. The fourth-order valence-corrected chi connectivity index (χ4v) is 3.09. The molecule has 2 aliphatic heterocycles. The molecule has 17 heavy (non-hydrogen) atoms. The molecule has 4 heteroatoms. The lowest BCUT2D eigenvalue weighted by atomic mass is 9.92. The van der Waals surface area contributed by atoms with Crippen LogP contribution in [0.4, 0.5) is 0 Å². The van der Waals surface area contributed by atoms with Crippen molar-refractivity contribution in [3.05, 3.63) is 0 Å². The first-order chi connectivity index (χ1) is 8.25. The van der Waals surface area contributed by atoms with Crippen molar-refractivity contribution in [1.29, 1.82) is 0 Å². The lowest BCUT2D eigenvalue weighted by Crippen LogP contribution is -2.43. The molecule has 0 aromatic rings. The topological polar surface area (TPSA) is 49.8 Å². The second kappa shape index (κ2) is 6.36. The molecule has 0 bridgehead atoms. The molecule has 2 aliphatic rings. The van der Waals surface area contributed by atoms with Crippen LogP contribution in [-0.4, -0.2) is 48.3 Å². The smallest absolute Gasteiger partial charge is 0.303 e. The normalized spacial score (nSPS) is 32.0. The number of hydrogen-bond acceptors (Lipinski definition) is 3. The van der Waals surface area contributed by atoms with Crippen LogP contribution in [0.5, 0.6) is 0 Å². The number of carboxylic acids is 1. The van der Waals surface area contributed by atoms with Gasteiger partial charge in [0.15, 0.2) is 0 Å². The summed E-state index contributed by atoms with van der Waals surface area (Å²) in [4.78, 5) is 13.3. The summed E-state index contributed by atoms with van der Waals surface area (Å²) in [5.41, 5.74) is 0. The Labute approximate surface area is 103 Å². The Hall–Kier alpha value is -0.610. The maximum atomic E-state index is 10.8. The van der Waals surface area contributed by atoms with Gasteiger partial charge in [0.1, 0.15) is 0 Å². The predicted molar refractivity (Wildman–Crippen MR) is 65.0 cm³/mol. The summed E-state index contributed by atoms with van der Waals surface area (Å²) in [5.74, 6) is -0.300. The van der Waals surface area contributed by atoms with Gasteiger partial charge in [-0.2, -0.15) is 0 Å². The van der Waals surface area contributed by atoms with E-state index < -0.39 is 5.97 Å². The second-order valence-electron chi connectivity index (χ2n) is 5.30. The molecule has 1 N–H and O–H groups in total. The molecule has 0 aliphatic carbocycles. The van der Waals surface area contributed by atoms with Gasteiger partial charge < -0.3 is 14.7 Å². The number of likely N-dealkylation sites (tertiary alicyclic amines) is 1. The van der Waals surface area contributed by atoms with Crippen molar-refractivity contribution in [2.24, 2.45) is 5.92 Å². The Balaban J connectivity index is 1.84. The van der Waals surface area contributed by atoms with Crippen molar-refractivity contribution in [2.75, 3.05) is 26.3 Å². The maximum Gasteiger partial charge on any atom is 0.303 e. The Morgan fingerprint density at radius 3 is 2.94 bits per heavy atom. The summed E-state index contributed by atoms with van der Waals surface area (Å²) >= 11 is 0. The van der Waals surface area contributed by atoms with Gasteiger partial charge in [-0.1, -0.05) is 0 Å². The summed E-state index contributed by atoms with van der Waals surface area (Å²) in [7, 11) is 0. The molecule has 2 atom stereocenters. The summed E-state index contributed by atoms with van der Waals surface area (Å²) < 4.78 is 5.49. The Morgan fingerprint density at radius 2 is 2.12 bits per heavy atom. The third kappa shape index (κ3) is 3.96. The van der Waals surface area contributed by atoms with Crippen LogP contribution in [0, 0.1) is 5.92 Å². The number of nitrogens with zero attached hydrogens (tertiary/aromatic N) is 1. The van der Waals surface area contributed by atoms with E-state index in [0.29, 0.717) is 18.4 Å². The van der Waals surface area contributed by atoms with Crippen LogP contribution < -0.4 is 0 Å². The zero-order valence-electron chi connectivity index (χ0n) is 10.4. The van der Waals surface area contributed by atoms with Crippen molar-refractivity contribution in [3.63, 3.8) is 0 Å². The van der Waals surface area contributed by atoms with Crippen molar-refractivity contribution in [1.82, 2.24) is 4.90 Å². The van der Waals surface area contributed by atoms with Crippen molar-refractivity contribution in [2.45, 2.75) is 44.6 Å². The minimum absolute atomic E-state index is 0.333. The molecule has 0 aromatic carbocycles. The molecule has 2 saturated heterocycles. The van der Waals surface area contributed by atoms with Crippen molar-refractivity contribution >= 4 is 5.97 Å². The zero-order chi connectivity index (χ0) is 12.1. The van der Waals surface area contributed by atoms with E-state index in [0.717, 1.165) is 52.0 Å². The summed E-state index contributed by atoms with van der Waals surface area (Å²) in [6.45, 7) is 3.87. The van der Waals surface area contributed by atoms with E-state index in [9.17, 15) is 4.79 Å². The monoisotopic (exact) mass is 241 g/mol. The van der Waals surface area contributed by atoms with E-state index in [1.54, 1.807) is 0 Å². The van der Waals surface area contributed by atoms with Crippen LogP contribution in [0.25, 0.3) is 0 Å². The Morgan fingerprint density at radius 1 is 1.24 bits per heavy atom. The third-order valence-electron chi connectivity index (χ3n) is 3.95. The van der Waals surface area contributed by atoms with Gasteiger partial charge in [0.2, 0.25) is 0 Å². The number of piperidine rings is 1. The molecule has 2 unspecified atom stereocenters. The first-order valence-electron chi connectivity index (χ1n) is 6.79. The quantitative estimate of drug-likeness (QED) is 0.817. The Bertz CT molecular complexity index is 249. The lowest BCUT2D eigenvalue weighted by molar-refractivity contribution is -0.138. The molecule has 98 valence electrons. The molecule has 0 radical (unpaired) electrons. The standard InChI is InChI=1S/C13H23NO3/c15-13(16)9-11-3-1-6-14(10-11)12-4-2-7-17-8-5-12/h11-12H,1-10H2,(H,15,16). The van der Waals surface area contributed by atoms with Crippen molar-refractivity contribution in [3.8, 4) is 0 Å². The van der Waals surface area contributed by atoms with Gasteiger partial charge >= 0.3 is 5.97 Å². The predicted octanol–water partition coefficient (Wildman–Crippen LogP) is 1.74. The van der Waals surface area contributed by atoms with E-state index in [2.05, 4.69) is 4.90 Å². The molecular formula is C13H23NO3. The fraction of sp³-hybridized carbons (Fsp3) is 0.923. The van der Waals surface area contributed by atoms with E-state index in [-0.39, 0.29) is 0 Å². The third-order valence-corrected chi connectivity index (χ3v) is 3.95. The minimum Gasteiger partial charge on any atom is -0.481 e. The molecule has 2 heterocycles. The van der Waals surface area contributed by atoms with Crippen LogP contribution >= 0.6 is 0 Å². The van der Waals surface area contributed by atoms with Crippen LogP contribution in [0.1, 0.15) is 38.5 Å². The molecule has 0 saturated carbocycles. The summed E-state index contributed by atoms with van der Waals surface area (Å²) in [6.07, 6.45) is 6.02. The number of rotatable bonds is 3. The first-order valence-corrected chi connectivity index (χ1v) is 6.79. The first kappa shape index (κ1) is 12.8. The number of carbonyl (C=O) groups is 1. The average molecular weight is 241 g/mol. The highest BCUT2D eigenvalue weighted by Crippen LogP contribution is 2.25. The van der Waals surface area contributed by atoms with Gasteiger partial charge in [-0.3, -0.25) is 4.79 Å². The SMILES string of the molecule is O=C(O)CC1CCCN(C2CCCOCC2)C1. The lowest BCUT2D eigenvalue weighted by Gasteiger charge is -2.37. The molecular weight excluding hydrogens is 218 g/mol. The second-order valence-corrected chi connectivity index (χ2v) is 5.30. The highest BCUT2D eigenvalue weighted by atomic mass is 16.5. The van der Waals surface area contributed by atoms with Crippen LogP contribution in [0.2, 0.25) is 0 Å². The number of aliphatic carboxylic acids is 1. The van der Waals surface area contributed by atoms with Gasteiger partial charge in [0, 0.05) is 32.2 Å². The molecule has 2 fully saturated rings. The molecule has 0 spiro atoms. The maximum absolute atomic E-state index is 10.8. The average Bonchev–Trinajstić information content (AvgIpc) is 2.57. The molecule has 0 aromatic heterocycles. The highest BCUT2D eigenvalue weighted by molar-refractivity contribution is 5.67. The van der Waals surface area contributed by atoms with E-state index in [1.807, 2.05) is 0 Å². The van der Waals surface area contributed by atoms with Gasteiger partial charge in [0.05, 0.1) is 0 Å². The van der Waals surface area contributed by atoms with Crippen LogP contribution in [0.3, 0.4) is 0 Å². The van der Waals surface area contributed by atoms with E-state index in [1.165, 1.54) is 6.42 Å². The summed E-state index contributed by atoms with van der Waals surface area (Å²) in [5, 5.41) is 8.87. The number of hydrogen-bond donors (Lipinski definition) is 1. The van der Waals surface area contributed by atoms with Gasteiger partial charge in [-0.15, -0.1) is 0 Å². The van der Waals surface area contributed by atoms with Crippen molar-refractivity contribution < 1.29 is 14.6 Å².